The minimum Gasteiger partial charge on any atom is -0.390 e. The maximum absolute atomic E-state index is 9.93. The molecule has 0 bridgehead atoms. The summed E-state index contributed by atoms with van der Waals surface area (Å²) in [6.45, 7) is 4.90. The van der Waals surface area contributed by atoms with Crippen molar-refractivity contribution < 1.29 is 5.11 Å². The van der Waals surface area contributed by atoms with Crippen LogP contribution in [0, 0.1) is 0 Å². The number of nitrogens with zero attached hydrogens (tertiary/aromatic N) is 3. The average molecular weight is 235 g/mol. The van der Waals surface area contributed by atoms with Gasteiger partial charge in [-0.2, -0.15) is 0 Å². The molecule has 1 aliphatic heterocycles. The molecule has 1 aromatic rings. The molecule has 4 nitrogen and oxygen atoms in total. The first-order valence-corrected chi connectivity index (χ1v) is 6.59. The summed E-state index contributed by atoms with van der Waals surface area (Å²) in [5, 5.41) is 9.93. The predicted octanol–water partition coefficient (Wildman–Crippen LogP) is 1.56. The molecule has 2 heterocycles. The van der Waals surface area contributed by atoms with Gasteiger partial charge in [-0.1, -0.05) is 0 Å². The largest absolute Gasteiger partial charge is 0.390 e. The molecule has 2 aliphatic rings. The SMILES string of the molecule is CC1(O)CCN(Cc2cncn2C2CC2)CC1. The Balaban J connectivity index is 1.61. The Morgan fingerprint density at radius 2 is 2.12 bits per heavy atom. The fourth-order valence-electron chi connectivity index (χ4n) is 2.56. The van der Waals surface area contributed by atoms with Gasteiger partial charge >= 0.3 is 0 Å². The van der Waals surface area contributed by atoms with E-state index in [2.05, 4.69) is 14.5 Å². The quantitative estimate of drug-likeness (QED) is 0.864. The lowest BCUT2D eigenvalue weighted by atomic mass is 9.94. The van der Waals surface area contributed by atoms with Crippen molar-refractivity contribution in [2.75, 3.05) is 13.1 Å². The molecule has 94 valence electrons. The highest BCUT2D eigenvalue weighted by molar-refractivity contribution is 5.04. The van der Waals surface area contributed by atoms with Gasteiger partial charge < -0.3 is 9.67 Å². The molecule has 1 aromatic heterocycles. The van der Waals surface area contributed by atoms with E-state index in [9.17, 15) is 5.11 Å². The van der Waals surface area contributed by atoms with E-state index in [1.807, 2.05) is 19.4 Å². The normalized spacial score (nSPS) is 25.1. The molecular weight excluding hydrogens is 214 g/mol. The van der Waals surface area contributed by atoms with Crippen molar-refractivity contribution in [2.24, 2.45) is 0 Å². The van der Waals surface area contributed by atoms with Crippen LogP contribution in [0.4, 0.5) is 0 Å². The molecule has 17 heavy (non-hydrogen) atoms. The van der Waals surface area contributed by atoms with E-state index in [1.54, 1.807) is 0 Å². The van der Waals surface area contributed by atoms with Crippen molar-refractivity contribution in [1.82, 2.24) is 14.5 Å². The van der Waals surface area contributed by atoms with Crippen LogP contribution in [-0.2, 0) is 6.54 Å². The first kappa shape index (κ1) is 11.2. The molecule has 0 unspecified atom stereocenters. The first-order valence-electron chi connectivity index (χ1n) is 6.59. The Hall–Kier alpha value is -0.870. The highest BCUT2D eigenvalue weighted by atomic mass is 16.3. The molecule has 2 fully saturated rings. The summed E-state index contributed by atoms with van der Waals surface area (Å²) in [7, 11) is 0. The van der Waals surface area contributed by atoms with Gasteiger partial charge in [-0.25, -0.2) is 4.98 Å². The predicted molar refractivity (Wildman–Crippen MR) is 65.6 cm³/mol. The van der Waals surface area contributed by atoms with E-state index in [0.717, 1.165) is 32.5 Å². The fraction of sp³-hybridized carbons (Fsp3) is 0.769. The summed E-state index contributed by atoms with van der Waals surface area (Å²) in [5.74, 6) is 0. The summed E-state index contributed by atoms with van der Waals surface area (Å²) in [6.07, 6.45) is 8.32. The second kappa shape index (κ2) is 4.10. The molecule has 1 N–H and O–H groups in total. The molecule has 0 aromatic carbocycles. The van der Waals surface area contributed by atoms with Crippen molar-refractivity contribution in [3.8, 4) is 0 Å². The number of piperidine rings is 1. The van der Waals surface area contributed by atoms with Gasteiger partial charge in [-0.3, -0.25) is 4.90 Å². The third-order valence-electron chi connectivity index (χ3n) is 4.01. The Morgan fingerprint density at radius 1 is 1.41 bits per heavy atom. The molecule has 0 spiro atoms. The molecule has 1 saturated carbocycles. The summed E-state index contributed by atoms with van der Waals surface area (Å²) in [5.41, 5.74) is 0.877. The van der Waals surface area contributed by atoms with Crippen molar-refractivity contribution in [3.05, 3.63) is 18.2 Å². The van der Waals surface area contributed by atoms with Crippen LogP contribution in [0.2, 0.25) is 0 Å². The second-order valence-corrected chi connectivity index (χ2v) is 5.80. The summed E-state index contributed by atoms with van der Waals surface area (Å²) in [4.78, 5) is 6.69. The minimum absolute atomic E-state index is 0.451. The number of aromatic nitrogens is 2. The number of imidazole rings is 1. The Labute approximate surface area is 102 Å². The molecule has 0 radical (unpaired) electrons. The lowest BCUT2D eigenvalue weighted by molar-refractivity contribution is -0.00779. The van der Waals surface area contributed by atoms with Crippen LogP contribution in [0.3, 0.4) is 0 Å². The maximum atomic E-state index is 9.93. The van der Waals surface area contributed by atoms with Crippen LogP contribution in [0.5, 0.6) is 0 Å². The van der Waals surface area contributed by atoms with Gasteiger partial charge in [0.2, 0.25) is 0 Å². The van der Waals surface area contributed by atoms with Crippen LogP contribution in [0.1, 0.15) is 44.3 Å². The number of rotatable bonds is 3. The number of likely N-dealkylation sites (tertiary alicyclic amines) is 1. The molecule has 1 saturated heterocycles. The van der Waals surface area contributed by atoms with Crippen molar-refractivity contribution in [1.29, 1.82) is 0 Å². The van der Waals surface area contributed by atoms with Gasteiger partial charge in [0.15, 0.2) is 0 Å². The molecule has 0 amide bonds. The third-order valence-corrected chi connectivity index (χ3v) is 4.01. The van der Waals surface area contributed by atoms with E-state index in [4.69, 9.17) is 0 Å². The molecule has 4 heteroatoms. The average Bonchev–Trinajstić information content (AvgIpc) is 3.03. The van der Waals surface area contributed by atoms with E-state index in [0.29, 0.717) is 6.04 Å². The standard InChI is InChI=1S/C13H21N3O/c1-13(17)4-6-15(7-5-13)9-12-8-14-10-16(12)11-2-3-11/h8,10-11,17H,2-7,9H2,1H3. The smallest absolute Gasteiger partial charge is 0.0951 e. The van der Waals surface area contributed by atoms with Crippen molar-refractivity contribution >= 4 is 0 Å². The third kappa shape index (κ3) is 2.53. The van der Waals surface area contributed by atoms with E-state index in [1.165, 1.54) is 18.5 Å². The Kier molecular flexibility index (Phi) is 2.71. The monoisotopic (exact) mass is 235 g/mol. The van der Waals surface area contributed by atoms with E-state index in [-0.39, 0.29) is 0 Å². The van der Waals surface area contributed by atoms with Crippen molar-refractivity contribution in [2.45, 2.75) is 50.8 Å². The molecule has 1 aliphatic carbocycles. The zero-order valence-corrected chi connectivity index (χ0v) is 10.5. The van der Waals surface area contributed by atoms with Gasteiger partial charge in [0.05, 0.1) is 17.6 Å². The molecular formula is C13H21N3O. The fourth-order valence-corrected chi connectivity index (χ4v) is 2.56. The lowest BCUT2D eigenvalue weighted by Gasteiger charge is -2.35. The van der Waals surface area contributed by atoms with E-state index >= 15 is 0 Å². The first-order chi connectivity index (χ1) is 8.14. The summed E-state index contributed by atoms with van der Waals surface area (Å²) >= 11 is 0. The highest BCUT2D eigenvalue weighted by Crippen LogP contribution is 2.36. The van der Waals surface area contributed by atoms with Crippen molar-refractivity contribution in [3.63, 3.8) is 0 Å². The lowest BCUT2D eigenvalue weighted by Crippen LogP contribution is -2.42. The number of aliphatic hydroxyl groups is 1. The second-order valence-electron chi connectivity index (χ2n) is 5.80. The summed E-state index contributed by atoms with van der Waals surface area (Å²) in [6, 6.07) is 0.709. The van der Waals surface area contributed by atoms with Gasteiger partial charge in [0.1, 0.15) is 0 Å². The van der Waals surface area contributed by atoms with Crippen LogP contribution in [-0.4, -0.2) is 38.2 Å². The van der Waals surface area contributed by atoms with Crippen LogP contribution in [0.25, 0.3) is 0 Å². The zero-order valence-electron chi connectivity index (χ0n) is 10.5. The van der Waals surface area contributed by atoms with Gasteiger partial charge in [-0.15, -0.1) is 0 Å². The molecule has 0 atom stereocenters. The maximum Gasteiger partial charge on any atom is 0.0951 e. The van der Waals surface area contributed by atoms with Gasteiger partial charge in [-0.05, 0) is 32.6 Å². The number of hydrogen-bond donors (Lipinski definition) is 1. The number of hydrogen-bond acceptors (Lipinski definition) is 3. The van der Waals surface area contributed by atoms with Crippen LogP contribution >= 0.6 is 0 Å². The Morgan fingerprint density at radius 3 is 2.76 bits per heavy atom. The van der Waals surface area contributed by atoms with E-state index < -0.39 is 5.60 Å². The minimum atomic E-state index is -0.451. The molecule has 3 rings (SSSR count). The highest BCUT2D eigenvalue weighted by Gasteiger charge is 2.29. The van der Waals surface area contributed by atoms with Crippen LogP contribution in [0.15, 0.2) is 12.5 Å². The zero-order chi connectivity index (χ0) is 11.9. The van der Waals surface area contributed by atoms with Crippen LogP contribution < -0.4 is 0 Å². The Bertz CT molecular complexity index is 385. The topological polar surface area (TPSA) is 41.3 Å². The van der Waals surface area contributed by atoms with Gasteiger partial charge in [0, 0.05) is 31.9 Å². The van der Waals surface area contributed by atoms with Gasteiger partial charge in [0.25, 0.3) is 0 Å². The summed E-state index contributed by atoms with van der Waals surface area (Å²) < 4.78 is 2.33.